The lowest BCUT2D eigenvalue weighted by molar-refractivity contribution is -0.156. The van der Waals surface area contributed by atoms with Crippen LogP contribution in [0, 0.1) is 0 Å². The van der Waals surface area contributed by atoms with Crippen molar-refractivity contribution in [2.24, 2.45) is 0 Å². The Morgan fingerprint density at radius 2 is 1.92 bits per heavy atom. The number of aliphatic carboxylic acids is 1. The molecule has 0 aromatic carbocycles. The SMILES string of the molecule is CC(=O)OC(C)(C)CCC(=O)O. The first-order valence-electron chi connectivity index (χ1n) is 3.75. The van der Waals surface area contributed by atoms with E-state index < -0.39 is 11.6 Å². The summed E-state index contributed by atoms with van der Waals surface area (Å²) in [5, 5.41) is 8.37. The van der Waals surface area contributed by atoms with Crippen LogP contribution in [0.3, 0.4) is 0 Å². The second-order valence-corrected chi connectivity index (χ2v) is 3.25. The summed E-state index contributed by atoms with van der Waals surface area (Å²) in [5.41, 5.74) is -0.676. The summed E-state index contributed by atoms with van der Waals surface area (Å²) in [4.78, 5) is 20.7. The molecular formula is C8H14O4. The lowest BCUT2D eigenvalue weighted by atomic mass is 10.0. The van der Waals surface area contributed by atoms with Gasteiger partial charge in [-0.1, -0.05) is 0 Å². The molecule has 0 rings (SSSR count). The maximum absolute atomic E-state index is 10.5. The summed E-state index contributed by atoms with van der Waals surface area (Å²) in [5.74, 6) is -1.26. The third-order valence-electron chi connectivity index (χ3n) is 1.36. The van der Waals surface area contributed by atoms with Gasteiger partial charge in [0.25, 0.3) is 0 Å². The average molecular weight is 174 g/mol. The Hall–Kier alpha value is -1.06. The van der Waals surface area contributed by atoms with Crippen molar-refractivity contribution in [3.63, 3.8) is 0 Å². The van der Waals surface area contributed by atoms with Gasteiger partial charge in [-0.2, -0.15) is 0 Å². The van der Waals surface area contributed by atoms with E-state index in [9.17, 15) is 9.59 Å². The van der Waals surface area contributed by atoms with Crippen molar-refractivity contribution in [3.8, 4) is 0 Å². The number of carbonyl (C=O) groups excluding carboxylic acids is 1. The maximum Gasteiger partial charge on any atom is 0.303 e. The van der Waals surface area contributed by atoms with Crippen molar-refractivity contribution in [1.29, 1.82) is 0 Å². The predicted octanol–water partition coefficient (Wildman–Crippen LogP) is 1.19. The number of esters is 1. The van der Waals surface area contributed by atoms with Gasteiger partial charge >= 0.3 is 11.9 Å². The molecule has 0 spiro atoms. The third kappa shape index (κ3) is 5.70. The number of carbonyl (C=O) groups is 2. The van der Waals surface area contributed by atoms with Gasteiger partial charge in [-0.05, 0) is 20.3 Å². The predicted molar refractivity (Wildman–Crippen MR) is 42.7 cm³/mol. The molecule has 0 aromatic heterocycles. The normalized spacial score (nSPS) is 10.9. The number of carboxylic acids is 1. The Balaban J connectivity index is 3.86. The van der Waals surface area contributed by atoms with Gasteiger partial charge in [0, 0.05) is 13.3 Å². The van der Waals surface area contributed by atoms with E-state index in [1.807, 2.05) is 0 Å². The van der Waals surface area contributed by atoms with Crippen LogP contribution in [0.1, 0.15) is 33.6 Å². The highest BCUT2D eigenvalue weighted by Gasteiger charge is 2.21. The summed E-state index contributed by atoms with van der Waals surface area (Å²) in [6.07, 6.45) is 0.349. The van der Waals surface area contributed by atoms with Crippen LogP contribution >= 0.6 is 0 Å². The van der Waals surface area contributed by atoms with Crippen LogP contribution < -0.4 is 0 Å². The summed E-state index contributed by atoms with van der Waals surface area (Å²) < 4.78 is 4.89. The monoisotopic (exact) mass is 174 g/mol. The van der Waals surface area contributed by atoms with E-state index in [1.54, 1.807) is 13.8 Å². The molecule has 1 N–H and O–H groups in total. The zero-order chi connectivity index (χ0) is 9.78. The van der Waals surface area contributed by atoms with Crippen LogP contribution in [0.5, 0.6) is 0 Å². The van der Waals surface area contributed by atoms with E-state index in [0.717, 1.165) is 0 Å². The summed E-state index contributed by atoms with van der Waals surface area (Å²) >= 11 is 0. The first kappa shape index (κ1) is 10.9. The van der Waals surface area contributed by atoms with E-state index in [2.05, 4.69) is 0 Å². The lowest BCUT2D eigenvalue weighted by Crippen LogP contribution is -2.27. The summed E-state index contributed by atoms with van der Waals surface area (Å²) in [6.45, 7) is 4.69. The lowest BCUT2D eigenvalue weighted by Gasteiger charge is -2.23. The van der Waals surface area contributed by atoms with Crippen LogP contribution in [-0.2, 0) is 14.3 Å². The summed E-state index contributed by atoms with van der Waals surface area (Å²) in [7, 11) is 0. The number of hydrogen-bond acceptors (Lipinski definition) is 3. The Morgan fingerprint density at radius 1 is 1.42 bits per heavy atom. The van der Waals surface area contributed by atoms with Gasteiger partial charge in [0.05, 0.1) is 0 Å². The van der Waals surface area contributed by atoms with Crippen molar-refractivity contribution in [2.45, 2.75) is 39.2 Å². The molecule has 0 bridgehead atoms. The molecule has 0 atom stereocenters. The number of carboxylic acid groups (broad SMARTS) is 1. The molecule has 0 saturated carbocycles. The first-order chi connectivity index (χ1) is 5.33. The van der Waals surface area contributed by atoms with Gasteiger partial charge in [-0.15, -0.1) is 0 Å². The van der Waals surface area contributed by atoms with Gasteiger partial charge in [-0.25, -0.2) is 0 Å². The second kappa shape index (κ2) is 4.09. The standard InChI is InChI=1S/C8H14O4/c1-6(9)12-8(2,3)5-4-7(10)11/h4-5H2,1-3H3,(H,10,11). The van der Waals surface area contributed by atoms with Crippen LogP contribution in [0.15, 0.2) is 0 Å². The zero-order valence-corrected chi connectivity index (χ0v) is 7.59. The fraction of sp³-hybridized carbons (Fsp3) is 0.750. The van der Waals surface area contributed by atoms with Crippen LogP contribution in [0.25, 0.3) is 0 Å². The van der Waals surface area contributed by atoms with E-state index in [1.165, 1.54) is 6.92 Å². The van der Waals surface area contributed by atoms with Crippen molar-refractivity contribution < 1.29 is 19.4 Å². The van der Waals surface area contributed by atoms with Crippen molar-refractivity contribution in [1.82, 2.24) is 0 Å². The second-order valence-electron chi connectivity index (χ2n) is 3.25. The van der Waals surface area contributed by atoms with Crippen molar-refractivity contribution >= 4 is 11.9 Å². The fourth-order valence-corrected chi connectivity index (χ4v) is 0.848. The van der Waals surface area contributed by atoms with E-state index in [0.29, 0.717) is 6.42 Å². The molecule has 0 amide bonds. The highest BCUT2D eigenvalue weighted by Crippen LogP contribution is 2.16. The van der Waals surface area contributed by atoms with E-state index >= 15 is 0 Å². The molecule has 0 saturated heterocycles. The zero-order valence-electron chi connectivity index (χ0n) is 7.59. The molecule has 0 unspecified atom stereocenters. The molecule has 0 aliphatic carbocycles. The van der Waals surface area contributed by atoms with Gasteiger partial charge in [-0.3, -0.25) is 9.59 Å². The average Bonchev–Trinajstić information content (AvgIpc) is 1.81. The van der Waals surface area contributed by atoms with E-state index in [4.69, 9.17) is 9.84 Å². The highest BCUT2D eigenvalue weighted by atomic mass is 16.6. The largest absolute Gasteiger partial charge is 0.481 e. The fourth-order valence-electron chi connectivity index (χ4n) is 0.848. The molecule has 0 fully saturated rings. The smallest absolute Gasteiger partial charge is 0.303 e. The molecule has 4 heteroatoms. The minimum Gasteiger partial charge on any atom is -0.481 e. The third-order valence-corrected chi connectivity index (χ3v) is 1.36. The van der Waals surface area contributed by atoms with Gasteiger partial charge < -0.3 is 9.84 Å². The van der Waals surface area contributed by atoms with Crippen LogP contribution in [0.2, 0.25) is 0 Å². The number of ether oxygens (including phenoxy) is 1. The van der Waals surface area contributed by atoms with Gasteiger partial charge in [0.2, 0.25) is 0 Å². The van der Waals surface area contributed by atoms with Gasteiger partial charge in [0.15, 0.2) is 0 Å². The molecule has 0 aliphatic heterocycles. The Labute approximate surface area is 71.5 Å². The first-order valence-corrected chi connectivity index (χ1v) is 3.75. The van der Waals surface area contributed by atoms with Crippen LogP contribution in [0.4, 0.5) is 0 Å². The topological polar surface area (TPSA) is 63.6 Å². The van der Waals surface area contributed by atoms with Crippen molar-refractivity contribution in [3.05, 3.63) is 0 Å². The molecule has 0 aliphatic rings. The molecular weight excluding hydrogens is 160 g/mol. The molecule has 12 heavy (non-hydrogen) atoms. The van der Waals surface area contributed by atoms with Crippen molar-refractivity contribution in [2.75, 3.05) is 0 Å². The quantitative estimate of drug-likeness (QED) is 0.650. The highest BCUT2D eigenvalue weighted by molar-refractivity contribution is 5.68. The minimum atomic E-state index is -0.879. The number of rotatable bonds is 4. The molecule has 0 radical (unpaired) electrons. The van der Waals surface area contributed by atoms with Gasteiger partial charge in [0.1, 0.15) is 5.60 Å². The Kier molecular flexibility index (Phi) is 3.73. The van der Waals surface area contributed by atoms with Crippen LogP contribution in [-0.4, -0.2) is 22.6 Å². The summed E-state index contributed by atoms with van der Waals surface area (Å²) in [6, 6.07) is 0. The molecule has 0 heterocycles. The Bertz CT molecular complexity index is 183. The molecule has 4 nitrogen and oxygen atoms in total. The molecule has 70 valence electrons. The van der Waals surface area contributed by atoms with E-state index in [-0.39, 0.29) is 12.4 Å². The maximum atomic E-state index is 10.5. The minimum absolute atomic E-state index is 0.0142. The Morgan fingerprint density at radius 3 is 2.25 bits per heavy atom. The molecule has 0 aromatic rings. The number of hydrogen-bond donors (Lipinski definition) is 1.